The van der Waals surface area contributed by atoms with Crippen LogP contribution in [0.4, 0.5) is 0 Å². The molecule has 0 saturated carbocycles. The molecule has 1 amide bonds. The van der Waals surface area contributed by atoms with Gasteiger partial charge in [0.15, 0.2) is 0 Å². The van der Waals surface area contributed by atoms with E-state index in [1.807, 2.05) is 6.92 Å². The average molecular weight is 346 g/mol. The fourth-order valence-electron chi connectivity index (χ4n) is 1.16. The van der Waals surface area contributed by atoms with E-state index in [1.165, 1.54) is 19.8 Å². The molecule has 2 nitrogen and oxygen atoms in total. The van der Waals surface area contributed by atoms with Crippen LogP contribution in [0.1, 0.15) is 54.4 Å². The maximum absolute atomic E-state index is 10.1. The second kappa shape index (κ2) is 14.8. The van der Waals surface area contributed by atoms with Gasteiger partial charge in [-0.15, -0.1) is 6.54 Å². The Morgan fingerprint density at radius 2 is 1.47 bits per heavy atom. The zero-order chi connectivity index (χ0) is 15.3. The Bertz CT molecular complexity index is 198. The van der Waals surface area contributed by atoms with Crippen molar-refractivity contribution in [2.75, 3.05) is 6.54 Å². The number of hydrogen-bond acceptors (Lipinski definition) is 2. The second-order valence-electron chi connectivity index (χ2n) is 5.79. The van der Waals surface area contributed by atoms with E-state index in [2.05, 4.69) is 33.0 Å². The Kier molecular flexibility index (Phi) is 16.8. The summed E-state index contributed by atoms with van der Waals surface area (Å²) < 4.78 is 0. The first kappa shape index (κ1) is 21.7. The van der Waals surface area contributed by atoms with Crippen LogP contribution in [0.5, 0.6) is 0 Å². The molecule has 0 spiro atoms. The van der Waals surface area contributed by atoms with Crippen molar-refractivity contribution in [1.29, 1.82) is 0 Å². The predicted octanol–water partition coefficient (Wildman–Crippen LogP) is 4.46. The van der Waals surface area contributed by atoms with Crippen molar-refractivity contribution in [1.82, 2.24) is 0 Å². The van der Waals surface area contributed by atoms with Gasteiger partial charge >= 0.3 is 78.3 Å². The third kappa shape index (κ3) is 27.5. The fraction of sp³-hybridized carbons (Fsp3) is 0.933. The van der Waals surface area contributed by atoms with E-state index in [1.54, 1.807) is 10.5 Å². The average Bonchev–Trinajstić information content (AvgIpc) is 2.26. The van der Waals surface area contributed by atoms with Gasteiger partial charge in [-0.25, -0.2) is 0 Å². The molecule has 1 atom stereocenters. The standard InChI is InChI=1S/C10H22Ge.C5H11NOS/c1-9(2)5-7-11-8-6-10(3)4;1-4(8)3-6-5(2)7/h9-10H,5-8H2,1-4H3;4H,3H2,1-2H3,(H2,6,7,8)/p-2. The van der Waals surface area contributed by atoms with Gasteiger partial charge in [-0.3, -0.25) is 0 Å². The van der Waals surface area contributed by atoms with Crippen molar-refractivity contribution < 1.29 is 4.79 Å². The number of rotatable bonds is 8. The molecule has 0 aromatic heterocycles. The summed E-state index contributed by atoms with van der Waals surface area (Å²) in [4.78, 5) is 10.1. The van der Waals surface area contributed by atoms with Crippen LogP contribution in [0.25, 0.3) is 5.32 Å². The first-order valence-corrected chi connectivity index (χ1v) is 10.7. The van der Waals surface area contributed by atoms with E-state index in [9.17, 15) is 4.79 Å². The van der Waals surface area contributed by atoms with Gasteiger partial charge in [0.2, 0.25) is 0 Å². The molecule has 0 bridgehead atoms. The van der Waals surface area contributed by atoms with E-state index in [4.69, 9.17) is 12.6 Å². The van der Waals surface area contributed by atoms with Crippen molar-refractivity contribution in [3.8, 4) is 0 Å². The number of nitrogens with zero attached hydrogens (tertiary/aromatic N) is 1. The van der Waals surface area contributed by atoms with Crippen LogP contribution in [0.15, 0.2) is 0 Å². The van der Waals surface area contributed by atoms with Crippen LogP contribution in [-0.2, 0) is 17.4 Å². The maximum atomic E-state index is 10.1. The molecule has 0 saturated heterocycles. The molecule has 114 valence electrons. The van der Waals surface area contributed by atoms with Gasteiger partial charge in [0.25, 0.3) is 0 Å². The van der Waals surface area contributed by atoms with Crippen LogP contribution in [0.3, 0.4) is 0 Å². The molecule has 0 heterocycles. The molecule has 0 aliphatic heterocycles. The van der Waals surface area contributed by atoms with Crippen LogP contribution >= 0.6 is 0 Å². The van der Waals surface area contributed by atoms with Gasteiger partial charge in [0.05, 0.1) is 0 Å². The third-order valence-electron chi connectivity index (χ3n) is 2.37. The number of hydrogen-bond donors (Lipinski definition) is 0. The number of carbonyl (C=O) groups excluding carboxylic acids is 1. The molecule has 0 aliphatic carbocycles. The molecule has 0 aliphatic rings. The van der Waals surface area contributed by atoms with Gasteiger partial charge in [-0.1, -0.05) is 6.92 Å². The van der Waals surface area contributed by atoms with Gasteiger partial charge in [0.1, 0.15) is 0 Å². The van der Waals surface area contributed by atoms with Gasteiger partial charge in [-0.05, 0) is 6.92 Å². The molecular formula is C15H31GeNOS-2. The monoisotopic (exact) mass is 347 g/mol. The van der Waals surface area contributed by atoms with Crippen molar-refractivity contribution >= 4 is 34.0 Å². The molecule has 0 aromatic carbocycles. The Morgan fingerprint density at radius 3 is 1.68 bits per heavy atom. The minimum absolute atomic E-state index is 0.0823. The van der Waals surface area contributed by atoms with Crippen molar-refractivity contribution in [3.05, 3.63) is 5.32 Å². The van der Waals surface area contributed by atoms with Crippen LogP contribution in [0, 0.1) is 11.8 Å². The zero-order valence-corrected chi connectivity index (χ0v) is 16.4. The topological polar surface area (TPSA) is 31.2 Å². The third-order valence-corrected chi connectivity index (χ3v) is 5.21. The normalized spacial score (nSPS) is 12.1. The summed E-state index contributed by atoms with van der Waals surface area (Å²) in [6.07, 6.45) is 2.94. The number of amides is 1. The molecule has 0 fully saturated rings. The second-order valence-corrected chi connectivity index (χ2v) is 9.74. The van der Waals surface area contributed by atoms with Gasteiger partial charge in [-0.2, -0.15) is 5.25 Å². The summed E-state index contributed by atoms with van der Waals surface area (Å²) in [7, 11) is 0. The van der Waals surface area contributed by atoms with E-state index in [-0.39, 0.29) is 11.2 Å². The molecule has 0 aromatic rings. The Morgan fingerprint density at radius 1 is 1.05 bits per heavy atom. The van der Waals surface area contributed by atoms with E-state index in [0.29, 0.717) is 22.0 Å². The minimum atomic E-state index is -0.137. The van der Waals surface area contributed by atoms with Crippen LogP contribution in [0.2, 0.25) is 10.5 Å². The molecule has 0 N–H and O–H groups in total. The zero-order valence-electron chi connectivity index (χ0n) is 13.5. The van der Waals surface area contributed by atoms with E-state index >= 15 is 0 Å². The number of carbonyl (C=O) groups is 1. The van der Waals surface area contributed by atoms with Gasteiger partial charge < -0.3 is 22.7 Å². The van der Waals surface area contributed by atoms with Crippen molar-refractivity contribution in [2.24, 2.45) is 11.8 Å². The van der Waals surface area contributed by atoms with Crippen molar-refractivity contribution in [3.63, 3.8) is 0 Å². The summed E-state index contributed by atoms with van der Waals surface area (Å²) in [6.45, 7) is 13.1. The molecular weight excluding hydrogens is 315 g/mol. The van der Waals surface area contributed by atoms with E-state index in [0.717, 1.165) is 11.8 Å². The Balaban J connectivity index is 0. The summed E-state index contributed by atoms with van der Waals surface area (Å²) >= 11 is 5.19. The summed E-state index contributed by atoms with van der Waals surface area (Å²) in [5, 5.41) is 6.78. The molecule has 0 rings (SSSR count). The first-order valence-electron chi connectivity index (χ1n) is 7.30. The van der Waals surface area contributed by atoms with Crippen molar-refractivity contribution in [2.45, 2.75) is 70.1 Å². The van der Waals surface area contributed by atoms with Gasteiger partial charge in [0, 0.05) is 5.91 Å². The Hall–Kier alpha value is 0.363. The van der Waals surface area contributed by atoms with Crippen LogP contribution in [-0.4, -0.2) is 33.1 Å². The molecule has 1 unspecified atom stereocenters. The summed E-state index contributed by atoms with van der Waals surface area (Å²) in [6, 6.07) is 0. The SMILES string of the molecule is CC(=O)[N-]CC(C)[S-].CC(C)C[CH2][Ge][CH2]CC(C)C. The summed E-state index contributed by atoms with van der Waals surface area (Å²) in [5.41, 5.74) is 0. The summed E-state index contributed by atoms with van der Waals surface area (Å²) in [5.74, 6) is 1.72. The predicted molar refractivity (Wildman–Crippen MR) is 90.0 cm³/mol. The molecule has 19 heavy (non-hydrogen) atoms. The quantitative estimate of drug-likeness (QED) is 0.369. The Labute approximate surface area is 132 Å². The molecule has 4 heteroatoms. The van der Waals surface area contributed by atoms with E-state index < -0.39 is 0 Å². The fourth-order valence-corrected chi connectivity index (χ4v) is 5.04. The van der Waals surface area contributed by atoms with Crippen LogP contribution < -0.4 is 0 Å². The molecule has 2 radical (unpaired) electrons. The first-order chi connectivity index (χ1) is 8.75.